The largest absolute Gasteiger partial charge is 0.480 e. The van der Waals surface area contributed by atoms with Gasteiger partial charge >= 0.3 is 5.97 Å². The molecule has 0 fully saturated rings. The summed E-state index contributed by atoms with van der Waals surface area (Å²) in [4.78, 5) is 36.2. The summed E-state index contributed by atoms with van der Waals surface area (Å²) in [6.07, 6.45) is -0.597. The van der Waals surface area contributed by atoms with Crippen LogP contribution < -0.4 is 15.0 Å². The molecule has 0 aliphatic carbocycles. The lowest BCUT2D eigenvalue weighted by Crippen LogP contribution is -2.46. The van der Waals surface area contributed by atoms with Crippen LogP contribution in [-0.2, 0) is 14.4 Å². The van der Waals surface area contributed by atoms with E-state index in [1.54, 1.807) is 31.2 Å². The van der Waals surface area contributed by atoms with E-state index in [1.807, 2.05) is 0 Å². The summed E-state index contributed by atoms with van der Waals surface area (Å²) in [5.74, 6) is -1.15. The summed E-state index contributed by atoms with van der Waals surface area (Å²) in [6, 6.07) is 6.14. The van der Waals surface area contributed by atoms with E-state index in [0.717, 1.165) is 0 Å². The third kappa shape index (κ3) is 3.36. The number of fused-ring (bicyclic) bond motifs is 1. The summed E-state index contributed by atoms with van der Waals surface area (Å²) in [5, 5.41) is 11.1. The zero-order valence-electron chi connectivity index (χ0n) is 12.4. The second-order valence-corrected chi connectivity index (χ2v) is 5.10. The van der Waals surface area contributed by atoms with E-state index in [4.69, 9.17) is 9.84 Å². The van der Waals surface area contributed by atoms with Crippen molar-refractivity contribution in [3.63, 3.8) is 0 Å². The van der Waals surface area contributed by atoms with Gasteiger partial charge in [-0.15, -0.1) is 0 Å². The molecule has 2 N–H and O–H groups in total. The van der Waals surface area contributed by atoms with Crippen LogP contribution >= 0.6 is 0 Å². The molecule has 2 amide bonds. The highest BCUT2D eigenvalue weighted by molar-refractivity contribution is 6.00. The molecule has 7 heteroatoms. The predicted octanol–water partition coefficient (Wildman–Crippen LogP) is 0.780. The van der Waals surface area contributed by atoms with Crippen molar-refractivity contribution >= 4 is 23.5 Å². The molecular weight excluding hydrogens is 288 g/mol. The number of aliphatic carboxylic acids is 1. The van der Waals surface area contributed by atoms with Crippen LogP contribution in [0.3, 0.4) is 0 Å². The number of carbonyl (C=O) groups is 3. The van der Waals surface area contributed by atoms with E-state index in [0.29, 0.717) is 11.4 Å². The van der Waals surface area contributed by atoms with Crippen molar-refractivity contribution in [2.45, 2.75) is 32.4 Å². The SMILES string of the molecule is CC(NC(=O)CCN1C(=O)C(C)Oc2ccccc21)C(=O)O. The third-order valence-corrected chi connectivity index (χ3v) is 3.38. The average Bonchev–Trinajstić information content (AvgIpc) is 2.47. The monoisotopic (exact) mass is 306 g/mol. The van der Waals surface area contributed by atoms with Crippen LogP contribution in [0, 0.1) is 0 Å². The maximum absolute atomic E-state index is 12.2. The van der Waals surface area contributed by atoms with Gasteiger partial charge in [-0.05, 0) is 26.0 Å². The van der Waals surface area contributed by atoms with E-state index >= 15 is 0 Å². The Morgan fingerprint density at radius 2 is 2.09 bits per heavy atom. The molecule has 0 saturated heterocycles. The number of amides is 2. The van der Waals surface area contributed by atoms with E-state index in [1.165, 1.54) is 11.8 Å². The van der Waals surface area contributed by atoms with Crippen molar-refractivity contribution in [3.8, 4) is 5.75 Å². The maximum Gasteiger partial charge on any atom is 0.325 e. The molecule has 1 heterocycles. The molecule has 1 aromatic rings. The highest BCUT2D eigenvalue weighted by Crippen LogP contribution is 2.33. The Labute approximate surface area is 127 Å². The van der Waals surface area contributed by atoms with Crippen LogP contribution in [0.15, 0.2) is 24.3 Å². The lowest BCUT2D eigenvalue weighted by molar-refractivity contribution is -0.141. The number of rotatable bonds is 5. The van der Waals surface area contributed by atoms with Crippen LogP contribution in [-0.4, -0.2) is 41.6 Å². The number of hydrogen-bond acceptors (Lipinski definition) is 4. The average molecular weight is 306 g/mol. The van der Waals surface area contributed by atoms with E-state index < -0.39 is 24.0 Å². The first-order valence-electron chi connectivity index (χ1n) is 6.99. The quantitative estimate of drug-likeness (QED) is 0.838. The van der Waals surface area contributed by atoms with Gasteiger partial charge in [-0.1, -0.05) is 12.1 Å². The molecule has 22 heavy (non-hydrogen) atoms. The lowest BCUT2D eigenvalue weighted by Gasteiger charge is -2.32. The summed E-state index contributed by atoms with van der Waals surface area (Å²) >= 11 is 0. The Morgan fingerprint density at radius 3 is 2.77 bits per heavy atom. The molecule has 118 valence electrons. The van der Waals surface area contributed by atoms with Crippen molar-refractivity contribution < 1.29 is 24.2 Å². The molecule has 1 aliphatic rings. The number of carboxylic acids is 1. The first kappa shape index (κ1) is 15.8. The van der Waals surface area contributed by atoms with Crippen molar-refractivity contribution in [1.82, 2.24) is 5.32 Å². The second-order valence-electron chi connectivity index (χ2n) is 5.10. The smallest absolute Gasteiger partial charge is 0.325 e. The highest BCUT2D eigenvalue weighted by atomic mass is 16.5. The molecule has 0 radical (unpaired) electrons. The number of nitrogens with zero attached hydrogens (tertiary/aromatic N) is 1. The van der Waals surface area contributed by atoms with E-state index in [9.17, 15) is 14.4 Å². The Bertz CT molecular complexity index is 601. The molecule has 0 aromatic heterocycles. The lowest BCUT2D eigenvalue weighted by atomic mass is 10.1. The number of hydrogen-bond donors (Lipinski definition) is 2. The predicted molar refractivity (Wildman–Crippen MR) is 78.7 cm³/mol. The molecule has 0 spiro atoms. The Balaban J connectivity index is 2.04. The van der Waals surface area contributed by atoms with Crippen LogP contribution in [0.5, 0.6) is 5.75 Å². The highest BCUT2D eigenvalue weighted by Gasteiger charge is 2.31. The summed E-state index contributed by atoms with van der Waals surface area (Å²) in [7, 11) is 0. The number of ether oxygens (including phenoxy) is 1. The van der Waals surface area contributed by atoms with Crippen LogP contribution in [0.2, 0.25) is 0 Å². The van der Waals surface area contributed by atoms with Gasteiger partial charge in [-0.2, -0.15) is 0 Å². The minimum Gasteiger partial charge on any atom is -0.480 e. The van der Waals surface area contributed by atoms with Crippen molar-refractivity contribution in [2.75, 3.05) is 11.4 Å². The van der Waals surface area contributed by atoms with Gasteiger partial charge in [0.25, 0.3) is 5.91 Å². The molecule has 7 nitrogen and oxygen atoms in total. The summed E-state index contributed by atoms with van der Waals surface area (Å²) < 4.78 is 5.51. The van der Waals surface area contributed by atoms with Gasteiger partial charge < -0.3 is 20.1 Å². The zero-order chi connectivity index (χ0) is 16.3. The first-order valence-corrected chi connectivity index (χ1v) is 6.99. The Morgan fingerprint density at radius 1 is 1.41 bits per heavy atom. The topological polar surface area (TPSA) is 95.9 Å². The fourth-order valence-electron chi connectivity index (χ4n) is 2.18. The molecule has 0 bridgehead atoms. The molecule has 1 aliphatic heterocycles. The van der Waals surface area contributed by atoms with Gasteiger partial charge in [-0.25, -0.2) is 0 Å². The summed E-state index contributed by atoms with van der Waals surface area (Å²) in [6.45, 7) is 3.21. The number of para-hydroxylation sites is 2. The first-order chi connectivity index (χ1) is 10.4. The second kappa shape index (κ2) is 6.46. The van der Waals surface area contributed by atoms with Gasteiger partial charge in [0.2, 0.25) is 5.91 Å². The van der Waals surface area contributed by atoms with Crippen molar-refractivity contribution in [2.24, 2.45) is 0 Å². The third-order valence-electron chi connectivity index (χ3n) is 3.38. The molecule has 2 unspecified atom stereocenters. The number of carbonyl (C=O) groups excluding carboxylic acids is 2. The molecule has 0 saturated carbocycles. The van der Waals surface area contributed by atoms with Crippen LogP contribution in [0.4, 0.5) is 5.69 Å². The molecular formula is C15H18N2O5. The van der Waals surface area contributed by atoms with Crippen LogP contribution in [0.1, 0.15) is 20.3 Å². The molecule has 2 rings (SSSR count). The van der Waals surface area contributed by atoms with Gasteiger partial charge in [0.1, 0.15) is 11.8 Å². The van der Waals surface area contributed by atoms with E-state index in [2.05, 4.69) is 5.32 Å². The Kier molecular flexibility index (Phi) is 4.65. The van der Waals surface area contributed by atoms with E-state index in [-0.39, 0.29) is 18.9 Å². The fraction of sp³-hybridized carbons (Fsp3) is 0.400. The molecule has 1 aromatic carbocycles. The standard InChI is InChI=1S/C15H18N2O5/c1-9(15(20)21)16-13(18)7-8-17-11-5-3-4-6-12(11)22-10(2)14(17)19/h3-6,9-10H,7-8H2,1-2H3,(H,16,18)(H,20,21). The number of anilines is 1. The molecule has 2 atom stereocenters. The van der Waals surface area contributed by atoms with Crippen molar-refractivity contribution in [1.29, 1.82) is 0 Å². The van der Waals surface area contributed by atoms with Gasteiger partial charge in [0, 0.05) is 13.0 Å². The number of carboxylic acid groups (broad SMARTS) is 1. The van der Waals surface area contributed by atoms with Crippen LogP contribution in [0.25, 0.3) is 0 Å². The Hall–Kier alpha value is -2.57. The van der Waals surface area contributed by atoms with Gasteiger partial charge in [-0.3, -0.25) is 14.4 Å². The van der Waals surface area contributed by atoms with Crippen molar-refractivity contribution in [3.05, 3.63) is 24.3 Å². The fourth-order valence-corrected chi connectivity index (χ4v) is 2.18. The minimum absolute atomic E-state index is 0.0183. The van der Waals surface area contributed by atoms with Gasteiger partial charge in [0.05, 0.1) is 5.69 Å². The normalized spacial score (nSPS) is 18.2. The minimum atomic E-state index is -1.10. The zero-order valence-corrected chi connectivity index (χ0v) is 12.4. The number of benzene rings is 1. The summed E-state index contributed by atoms with van der Waals surface area (Å²) in [5.41, 5.74) is 0.615. The van der Waals surface area contributed by atoms with Gasteiger partial charge in [0.15, 0.2) is 6.10 Å². The number of nitrogens with one attached hydrogen (secondary N) is 1. The maximum atomic E-state index is 12.2.